The van der Waals surface area contributed by atoms with Crippen molar-refractivity contribution in [1.82, 2.24) is 5.32 Å². The van der Waals surface area contributed by atoms with E-state index in [-0.39, 0.29) is 25.0 Å². The molecule has 4 nitrogen and oxygen atoms in total. The standard InChI is InChI=1S/C11H21F3N2O2/c1-8(2)5-9(15)6-16-10(17)3-4-18-7-11(12,13)14/h8-9H,3-7,15H2,1-2H3,(H,16,17). The summed E-state index contributed by atoms with van der Waals surface area (Å²) in [5, 5.41) is 2.56. The highest BCUT2D eigenvalue weighted by molar-refractivity contribution is 5.75. The quantitative estimate of drug-likeness (QED) is 0.656. The van der Waals surface area contributed by atoms with Gasteiger partial charge in [-0.2, -0.15) is 13.2 Å². The Morgan fingerprint density at radius 3 is 2.50 bits per heavy atom. The summed E-state index contributed by atoms with van der Waals surface area (Å²) in [5.74, 6) is 0.0865. The molecule has 0 saturated heterocycles. The lowest BCUT2D eigenvalue weighted by molar-refractivity contribution is -0.174. The summed E-state index contributed by atoms with van der Waals surface area (Å²) in [5.41, 5.74) is 5.74. The Hall–Kier alpha value is -0.820. The fourth-order valence-electron chi connectivity index (χ4n) is 1.37. The first-order valence-electron chi connectivity index (χ1n) is 5.87. The van der Waals surface area contributed by atoms with E-state index in [1.54, 1.807) is 0 Å². The number of carbonyl (C=O) groups excluding carboxylic acids is 1. The number of halogens is 3. The summed E-state index contributed by atoms with van der Waals surface area (Å²) in [7, 11) is 0. The number of ether oxygens (including phenoxy) is 1. The van der Waals surface area contributed by atoms with Crippen LogP contribution in [0, 0.1) is 5.92 Å². The predicted molar refractivity (Wildman–Crippen MR) is 61.9 cm³/mol. The van der Waals surface area contributed by atoms with E-state index in [2.05, 4.69) is 10.1 Å². The van der Waals surface area contributed by atoms with Crippen molar-refractivity contribution in [2.45, 2.75) is 38.9 Å². The van der Waals surface area contributed by atoms with Gasteiger partial charge in [0.1, 0.15) is 6.61 Å². The Morgan fingerprint density at radius 2 is 2.00 bits per heavy atom. The summed E-state index contributed by atoms with van der Waals surface area (Å²) < 4.78 is 39.5. The lowest BCUT2D eigenvalue weighted by Crippen LogP contribution is -2.38. The number of hydrogen-bond acceptors (Lipinski definition) is 3. The van der Waals surface area contributed by atoms with Crippen molar-refractivity contribution in [1.29, 1.82) is 0 Å². The van der Waals surface area contributed by atoms with Crippen LogP contribution in [0.1, 0.15) is 26.7 Å². The molecule has 1 atom stereocenters. The second kappa shape index (κ2) is 8.31. The van der Waals surface area contributed by atoms with E-state index in [1.807, 2.05) is 13.8 Å². The van der Waals surface area contributed by atoms with Crippen LogP contribution in [0.5, 0.6) is 0 Å². The molecule has 0 heterocycles. The summed E-state index contributed by atoms with van der Waals surface area (Å²) in [6, 6.07) is -0.134. The van der Waals surface area contributed by atoms with Crippen molar-refractivity contribution in [2.24, 2.45) is 11.7 Å². The molecular weight excluding hydrogens is 249 g/mol. The average Bonchev–Trinajstić information content (AvgIpc) is 2.19. The molecule has 108 valence electrons. The molecule has 0 bridgehead atoms. The molecule has 0 aromatic carbocycles. The van der Waals surface area contributed by atoms with Gasteiger partial charge in [0.2, 0.25) is 5.91 Å². The van der Waals surface area contributed by atoms with Crippen molar-refractivity contribution in [3.05, 3.63) is 0 Å². The third kappa shape index (κ3) is 11.7. The highest BCUT2D eigenvalue weighted by Gasteiger charge is 2.27. The van der Waals surface area contributed by atoms with E-state index in [1.165, 1.54) is 0 Å². The van der Waals surface area contributed by atoms with Gasteiger partial charge < -0.3 is 15.8 Å². The van der Waals surface area contributed by atoms with Gasteiger partial charge >= 0.3 is 6.18 Å². The lowest BCUT2D eigenvalue weighted by Gasteiger charge is -2.14. The SMILES string of the molecule is CC(C)CC(N)CNC(=O)CCOCC(F)(F)F. The van der Waals surface area contributed by atoms with Crippen LogP contribution in [0.4, 0.5) is 13.2 Å². The average molecular weight is 270 g/mol. The van der Waals surface area contributed by atoms with Crippen LogP contribution in [0.2, 0.25) is 0 Å². The fraction of sp³-hybridized carbons (Fsp3) is 0.909. The maximum Gasteiger partial charge on any atom is 0.411 e. The van der Waals surface area contributed by atoms with Gasteiger partial charge in [-0.25, -0.2) is 0 Å². The van der Waals surface area contributed by atoms with Crippen LogP contribution in [-0.2, 0) is 9.53 Å². The number of nitrogens with two attached hydrogens (primary N) is 1. The molecule has 0 aromatic rings. The number of alkyl halides is 3. The van der Waals surface area contributed by atoms with Crippen molar-refractivity contribution in [3.63, 3.8) is 0 Å². The van der Waals surface area contributed by atoms with Crippen LogP contribution in [0.25, 0.3) is 0 Å². The van der Waals surface area contributed by atoms with E-state index in [4.69, 9.17) is 5.73 Å². The minimum absolute atomic E-state index is 0.0928. The Bertz CT molecular complexity index is 245. The fourth-order valence-corrected chi connectivity index (χ4v) is 1.37. The van der Waals surface area contributed by atoms with Gasteiger partial charge in [0, 0.05) is 19.0 Å². The molecule has 0 spiro atoms. The number of hydrogen-bond donors (Lipinski definition) is 2. The largest absolute Gasteiger partial charge is 0.411 e. The predicted octanol–water partition coefficient (Wildman–Crippen LogP) is 1.45. The van der Waals surface area contributed by atoms with E-state index in [0.717, 1.165) is 6.42 Å². The van der Waals surface area contributed by atoms with Crippen molar-refractivity contribution in [2.75, 3.05) is 19.8 Å². The first-order valence-corrected chi connectivity index (χ1v) is 5.87. The highest BCUT2D eigenvalue weighted by atomic mass is 19.4. The van der Waals surface area contributed by atoms with Gasteiger partial charge in [-0.3, -0.25) is 4.79 Å². The molecule has 0 saturated carbocycles. The molecule has 0 aliphatic rings. The zero-order valence-electron chi connectivity index (χ0n) is 10.7. The third-order valence-electron chi connectivity index (χ3n) is 2.07. The number of nitrogens with one attached hydrogen (secondary N) is 1. The summed E-state index contributed by atoms with van der Waals surface area (Å²) in [6.45, 7) is 2.80. The molecule has 0 rings (SSSR count). The molecule has 1 unspecified atom stereocenters. The molecule has 3 N–H and O–H groups in total. The molecule has 0 aliphatic heterocycles. The van der Waals surface area contributed by atoms with Crippen molar-refractivity contribution in [3.8, 4) is 0 Å². The Balaban J connectivity index is 3.54. The zero-order chi connectivity index (χ0) is 14.2. The van der Waals surface area contributed by atoms with Gasteiger partial charge in [0.25, 0.3) is 0 Å². The van der Waals surface area contributed by atoms with E-state index < -0.39 is 12.8 Å². The molecule has 18 heavy (non-hydrogen) atoms. The van der Waals surface area contributed by atoms with E-state index >= 15 is 0 Å². The van der Waals surface area contributed by atoms with E-state index in [0.29, 0.717) is 12.5 Å². The van der Waals surface area contributed by atoms with Crippen LogP contribution >= 0.6 is 0 Å². The van der Waals surface area contributed by atoms with Crippen molar-refractivity contribution >= 4 is 5.91 Å². The molecular formula is C11H21F3N2O2. The first kappa shape index (κ1) is 17.2. The minimum Gasteiger partial charge on any atom is -0.372 e. The Kier molecular flexibility index (Phi) is 7.93. The molecule has 7 heteroatoms. The monoisotopic (exact) mass is 270 g/mol. The van der Waals surface area contributed by atoms with Crippen LogP contribution < -0.4 is 11.1 Å². The molecule has 0 radical (unpaired) electrons. The van der Waals surface area contributed by atoms with Gasteiger partial charge in [0.15, 0.2) is 0 Å². The van der Waals surface area contributed by atoms with Gasteiger partial charge in [-0.05, 0) is 12.3 Å². The third-order valence-corrected chi connectivity index (χ3v) is 2.07. The Labute approximate surface area is 105 Å². The van der Waals surface area contributed by atoms with Crippen LogP contribution in [-0.4, -0.2) is 37.9 Å². The van der Waals surface area contributed by atoms with Gasteiger partial charge in [0.05, 0.1) is 6.61 Å². The topological polar surface area (TPSA) is 64.3 Å². The minimum atomic E-state index is -4.35. The van der Waals surface area contributed by atoms with Crippen LogP contribution in [0.3, 0.4) is 0 Å². The number of amides is 1. The van der Waals surface area contributed by atoms with E-state index in [9.17, 15) is 18.0 Å². The second-order valence-corrected chi connectivity index (χ2v) is 4.61. The second-order valence-electron chi connectivity index (χ2n) is 4.61. The summed E-state index contributed by atoms with van der Waals surface area (Å²) in [4.78, 5) is 11.2. The Morgan fingerprint density at radius 1 is 1.39 bits per heavy atom. The smallest absolute Gasteiger partial charge is 0.372 e. The zero-order valence-corrected chi connectivity index (χ0v) is 10.7. The highest BCUT2D eigenvalue weighted by Crippen LogP contribution is 2.14. The van der Waals surface area contributed by atoms with Crippen LogP contribution in [0.15, 0.2) is 0 Å². The number of carbonyl (C=O) groups is 1. The lowest BCUT2D eigenvalue weighted by atomic mass is 10.0. The van der Waals surface area contributed by atoms with Crippen molar-refractivity contribution < 1.29 is 22.7 Å². The van der Waals surface area contributed by atoms with Gasteiger partial charge in [-0.1, -0.05) is 13.8 Å². The van der Waals surface area contributed by atoms with Gasteiger partial charge in [-0.15, -0.1) is 0 Å². The maximum atomic E-state index is 11.7. The maximum absolute atomic E-state index is 11.7. The molecule has 0 aromatic heterocycles. The molecule has 0 aliphatic carbocycles. The summed E-state index contributed by atoms with van der Waals surface area (Å²) >= 11 is 0. The summed E-state index contributed by atoms with van der Waals surface area (Å²) in [6.07, 6.45) is -3.66. The number of rotatable bonds is 8. The molecule has 1 amide bonds. The normalized spacial score (nSPS) is 13.7. The first-order chi connectivity index (χ1) is 8.20. The molecule has 0 fully saturated rings.